The zero-order valence-electron chi connectivity index (χ0n) is 12.1. The molecule has 0 aliphatic heterocycles. The van der Waals surface area contributed by atoms with Gasteiger partial charge in [0.05, 0.1) is 6.61 Å². The van der Waals surface area contributed by atoms with Gasteiger partial charge < -0.3 is 15.8 Å². The van der Waals surface area contributed by atoms with Crippen LogP contribution in [0.5, 0.6) is 0 Å². The maximum atomic E-state index is 12.2. The monoisotopic (exact) mass is 276 g/mol. The van der Waals surface area contributed by atoms with Crippen LogP contribution in [-0.4, -0.2) is 19.6 Å². The normalized spacial score (nSPS) is 21.9. The van der Waals surface area contributed by atoms with Crippen LogP contribution in [0, 0.1) is 11.8 Å². The summed E-state index contributed by atoms with van der Waals surface area (Å²) in [6.07, 6.45) is 3.17. The summed E-state index contributed by atoms with van der Waals surface area (Å²) in [5, 5.41) is 3.04. The van der Waals surface area contributed by atoms with E-state index < -0.39 is 0 Å². The summed E-state index contributed by atoms with van der Waals surface area (Å²) in [7, 11) is 1.68. The Bertz CT molecular complexity index is 448. The molecule has 1 aliphatic rings. The van der Waals surface area contributed by atoms with Crippen LogP contribution in [0.1, 0.15) is 30.4 Å². The van der Waals surface area contributed by atoms with Gasteiger partial charge in [0, 0.05) is 19.6 Å². The number of rotatable bonds is 6. The van der Waals surface area contributed by atoms with Crippen LogP contribution in [0.3, 0.4) is 0 Å². The summed E-state index contributed by atoms with van der Waals surface area (Å²) >= 11 is 0. The van der Waals surface area contributed by atoms with Gasteiger partial charge in [-0.1, -0.05) is 30.7 Å². The van der Waals surface area contributed by atoms with E-state index in [1.807, 2.05) is 18.2 Å². The van der Waals surface area contributed by atoms with Gasteiger partial charge in [-0.15, -0.1) is 0 Å². The number of hydrogen-bond donors (Lipinski definition) is 2. The highest BCUT2D eigenvalue weighted by Gasteiger charge is 2.31. The second-order valence-corrected chi connectivity index (χ2v) is 5.50. The zero-order valence-corrected chi connectivity index (χ0v) is 12.1. The highest BCUT2D eigenvalue weighted by atomic mass is 16.5. The molecule has 2 rings (SSSR count). The Kier molecular flexibility index (Phi) is 5.56. The highest BCUT2D eigenvalue weighted by molar-refractivity contribution is 5.79. The molecule has 1 amide bonds. The van der Waals surface area contributed by atoms with Gasteiger partial charge in [0.1, 0.15) is 0 Å². The third-order valence-corrected chi connectivity index (χ3v) is 4.07. The molecule has 0 aromatic heterocycles. The largest absolute Gasteiger partial charge is 0.380 e. The summed E-state index contributed by atoms with van der Waals surface area (Å²) in [5.41, 5.74) is 7.96. The summed E-state index contributed by atoms with van der Waals surface area (Å²) < 4.78 is 5.12. The van der Waals surface area contributed by atoms with Gasteiger partial charge in [0.25, 0.3) is 0 Å². The molecule has 4 nitrogen and oxygen atoms in total. The van der Waals surface area contributed by atoms with Gasteiger partial charge in [0.2, 0.25) is 5.91 Å². The first-order valence-electron chi connectivity index (χ1n) is 7.29. The van der Waals surface area contributed by atoms with Crippen molar-refractivity contribution >= 4 is 5.91 Å². The molecule has 2 atom stereocenters. The number of nitrogens with two attached hydrogens (primary N) is 1. The van der Waals surface area contributed by atoms with Crippen molar-refractivity contribution in [3.05, 3.63) is 35.4 Å². The number of benzene rings is 1. The minimum Gasteiger partial charge on any atom is -0.380 e. The smallest absolute Gasteiger partial charge is 0.223 e. The maximum Gasteiger partial charge on any atom is 0.223 e. The molecule has 0 bridgehead atoms. The summed E-state index contributed by atoms with van der Waals surface area (Å²) in [4.78, 5) is 12.2. The number of ether oxygens (including phenoxy) is 1. The lowest BCUT2D eigenvalue weighted by atomic mass is 9.95. The van der Waals surface area contributed by atoms with Crippen LogP contribution in [-0.2, 0) is 22.7 Å². The number of methoxy groups -OCH3 is 1. The van der Waals surface area contributed by atoms with E-state index in [0.29, 0.717) is 25.6 Å². The minimum atomic E-state index is 0.0992. The first-order chi connectivity index (χ1) is 9.74. The molecule has 1 aromatic carbocycles. The van der Waals surface area contributed by atoms with Gasteiger partial charge >= 0.3 is 0 Å². The Morgan fingerprint density at radius 3 is 2.95 bits per heavy atom. The third kappa shape index (κ3) is 3.81. The number of amides is 1. The Morgan fingerprint density at radius 2 is 2.20 bits per heavy atom. The standard InChI is InChI=1S/C16H24N2O2/c1-20-11-13-5-2-4-12(8-13)10-18-16(19)15-7-3-6-14(15)9-17/h2,4-5,8,14-15H,3,6-7,9-11,17H2,1H3,(H,18,19)/t14-,15-/m1/s1. The van der Waals surface area contributed by atoms with Gasteiger partial charge in [-0.2, -0.15) is 0 Å². The van der Waals surface area contributed by atoms with Crippen LogP contribution in [0.4, 0.5) is 0 Å². The van der Waals surface area contributed by atoms with Gasteiger partial charge in [0.15, 0.2) is 0 Å². The first kappa shape index (κ1) is 15.0. The van der Waals surface area contributed by atoms with E-state index >= 15 is 0 Å². The third-order valence-electron chi connectivity index (χ3n) is 4.07. The van der Waals surface area contributed by atoms with Crippen molar-refractivity contribution in [1.29, 1.82) is 0 Å². The molecule has 20 heavy (non-hydrogen) atoms. The number of carbonyl (C=O) groups excluding carboxylic acids is 1. The van der Waals surface area contributed by atoms with E-state index in [9.17, 15) is 4.79 Å². The van der Waals surface area contributed by atoms with Crippen molar-refractivity contribution in [1.82, 2.24) is 5.32 Å². The summed E-state index contributed by atoms with van der Waals surface area (Å²) in [6, 6.07) is 8.11. The predicted octanol–water partition coefficient (Wildman–Crippen LogP) is 1.82. The first-order valence-corrected chi connectivity index (χ1v) is 7.29. The molecule has 0 radical (unpaired) electrons. The predicted molar refractivity (Wildman–Crippen MR) is 78.9 cm³/mol. The van der Waals surface area contributed by atoms with Crippen molar-refractivity contribution in [3.63, 3.8) is 0 Å². The fraction of sp³-hybridized carbons (Fsp3) is 0.562. The van der Waals surface area contributed by atoms with E-state index in [1.54, 1.807) is 7.11 Å². The Hall–Kier alpha value is -1.39. The number of nitrogens with one attached hydrogen (secondary N) is 1. The van der Waals surface area contributed by atoms with Crippen molar-refractivity contribution < 1.29 is 9.53 Å². The Morgan fingerprint density at radius 1 is 1.40 bits per heavy atom. The molecular weight excluding hydrogens is 252 g/mol. The lowest BCUT2D eigenvalue weighted by molar-refractivity contribution is -0.126. The molecule has 1 aliphatic carbocycles. The molecule has 0 saturated heterocycles. The van der Waals surface area contributed by atoms with Crippen LogP contribution in [0.15, 0.2) is 24.3 Å². The topological polar surface area (TPSA) is 64.3 Å². The van der Waals surface area contributed by atoms with Crippen LogP contribution in [0.25, 0.3) is 0 Å². The van der Waals surface area contributed by atoms with E-state index in [4.69, 9.17) is 10.5 Å². The second-order valence-electron chi connectivity index (χ2n) is 5.50. The second kappa shape index (κ2) is 7.41. The number of carbonyl (C=O) groups is 1. The van der Waals surface area contributed by atoms with E-state index in [-0.39, 0.29) is 11.8 Å². The fourth-order valence-electron chi connectivity index (χ4n) is 2.98. The van der Waals surface area contributed by atoms with Crippen LogP contribution >= 0.6 is 0 Å². The van der Waals surface area contributed by atoms with Gasteiger partial charge in [-0.25, -0.2) is 0 Å². The van der Waals surface area contributed by atoms with E-state index in [1.165, 1.54) is 0 Å². The summed E-state index contributed by atoms with van der Waals surface area (Å²) in [6.45, 7) is 1.78. The maximum absolute atomic E-state index is 12.2. The summed E-state index contributed by atoms with van der Waals surface area (Å²) in [5.74, 6) is 0.604. The van der Waals surface area contributed by atoms with Crippen molar-refractivity contribution in [3.8, 4) is 0 Å². The van der Waals surface area contributed by atoms with Crippen molar-refractivity contribution in [2.75, 3.05) is 13.7 Å². The van der Waals surface area contributed by atoms with Gasteiger partial charge in [-0.05, 0) is 36.4 Å². The molecule has 4 heteroatoms. The quantitative estimate of drug-likeness (QED) is 0.833. The van der Waals surface area contributed by atoms with E-state index in [2.05, 4.69) is 11.4 Å². The van der Waals surface area contributed by atoms with Gasteiger partial charge in [-0.3, -0.25) is 4.79 Å². The Balaban J connectivity index is 1.88. The lowest BCUT2D eigenvalue weighted by Gasteiger charge is -2.17. The Labute approximate surface area is 120 Å². The molecule has 1 fully saturated rings. The fourth-order valence-corrected chi connectivity index (χ4v) is 2.98. The SMILES string of the molecule is COCc1cccc(CNC(=O)[C@@H]2CCC[C@@H]2CN)c1. The minimum absolute atomic E-state index is 0.0992. The molecule has 0 unspecified atom stereocenters. The van der Waals surface area contributed by atoms with E-state index in [0.717, 1.165) is 30.4 Å². The van der Waals surface area contributed by atoms with Crippen molar-refractivity contribution in [2.45, 2.75) is 32.4 Å². The lowest BCUT2D eigenvalue weighted by Crippen LogP contribution is -2.34. The van der Waals surface area contributed by atoms with Crippen LogP contribution in [0.2, 0.25) is 0 Å². The zero-order chi connectivity index (χ0) is 14.4. The molecule has 1 saturated carbocycles. The van der Waals surface area contributed by atoms with Crippen LogP contribution < -0.4 is 11.1 Å². The molecule has 0 spiro atoms. The average molecular weight is 276 g/mol. The molecule has 110 valence electrons. The average Bonchev–Trinajstić information content (AvgIpc) is 2.94. The number of hydrogen-bond acceptors (Lipinski definition) is 3. The molecule has 0 heterocycles. The van der Waals surface area contributed by atoms with Crippen molar-refractivity contribution in [2.24, 2.45) is 17.6 Å². The molecular formula is C16H24N2O2. The molecule has 3 N–H and O–H groups in total. The highest BCUT2D eigenvalue weighted by Crippen LogP contribution is 2.30. The molecule has 1 aromatic rings.